The molecule has 0 radical (unpaired) electrons. The van der Waals surface area contributed by atoms with Crippen molar-refractivity contribution in [1.29, 1.82) is 0 Å². The number of carbonyl (C=O) groups excluding carboxylic acids is 1. The fraction of sp³-hybridized carbons (Fsp3) is 0.519. The van der Waals surface area contributed by atoms with Crippen LogP contribution in [-0.4, -0.2) is 83.0 Å². The third-order valence-corrected chi connectivity index (χ3v) is 7.94. The minimum Gasteiger partial charge on any atom is -0.502 e. The number of methoxy groups -OCH3 is 2. The van der Waals surface area contributed by atoms with E-state index in [4.69, 9.17) is 28.4 Å². The van der Waals surface area contributed by atoms with Crippen molar-refractivity contribution in [2.45, 2.75) is 12.0 Å². The second-order valence-electron chi connectivity index (χ2n) is 9.79. The molecule has 3 heterocycles. The molecule has 10 heteroatoms. The standard InChI is InChI=1S/C27H32N2O8/c1-32-21-9-15(10-22(33-2)26(21)30)23-16-11-19-20(37-14-36-19)12-17(16)25(18-13-35-27(31)24(18)23)28-3-4-29-5-7-34-8-6-29/h9-12,18,23-25,28,30H,3-8,13-14H2,1-2H3/t18-,23+,24-,25+/m0/s1. The number of hydrogen-bond acceptors (Lipinski definition) is 10. The van der Waals surface area contributed by atoms with Gasteiger partial charge >= 0.3 is 5.97 Å². The molecular weight excluding hydrogens is 480 g/mol. The summed E-state index contributed by atoms with van der Waals surface area (Å²) >= 11 is 0. The average Bonchev–Trinajstić information content (AvgIpc) is 3.54. The highest BCUT2D eigenvalue weighted by molar-refractivity contribution is 5.79. The van der Waals surface area contributed by atoms with Crippen molar-refractivity contribution in [2.75, 3.05) is 67.0 Å². The van der Waals surface area contributed by atoms with E-state index in [1.54, 1.807) is 12.1 Å². The van der Waals surface area contributed by atoms with Gasteiger partial charge in [-0.1, -0.05) is 0 Å². The molecule has 198 valence electrons. The van der Waals surface area contributed by atoms with Crippen molar-refractivity contribution in [3.05, 3.63) is 41.0 Å². The Bertz CT molecular complexity index is 1160. The minimum atomic E-state index is -0.423. The maximum atomic E-state index is 13.2. The van der Waals surface area contributed by atoms with Gasteiger partial charge in [0.15, 0.2) is 23.0 Å². The lowest BCUT2D eigenvalue weighted by Gasteiger charge is -2.40. The number of ether oxygens (including phenoxy) is 6. The monoisotopic (exact) mass is 512 g/mol. The van der Waals surface area contributed by atoms with Crippen LogP contribution in [0.4, 0.5) is 0 Å². The third-order valence-electron chi connectivity index (χ3n) is 7.94. The van der Waals surface area contributed by atoms with Crippen LogP contribution in [0.25, 0.3) is 0 Å². The first-order valence-corrected chi connectivity index (χ1v) is 12.7. The van der Waals surface area contributed by atoms with Crippen LogP contribution < -0.4 is 24.3 Å². The predicted octanol–water partition coefficient (Wildman–Crippen LogP) is 2.04. The van der Waals surface area contributed by atoms with E-state index in [0.717, 1.165) is 56.1 Å². The van der Waals surface area contributed by atoms with Gasteiger partial charge in [0.25, 0.3) is 0 Å². The number of aromatic hydroxyl groups is 1. The number of nitrogens with one attached hydrogen (secondary N) is 1. The van der Waals surface area contributed by atoms with E-state index in [1.807, 2.05) is 12.1 Å². The Kier molecular flexibility index (Phi) is 6.48. The van der Waals surface area contributed by atoms with E-state index >= 15 is 0 Å². The number of phenols is 1. The zero-order valence-electron chi connectivity index (χ0n) is 21.0. The van der Waals surface area contributed by atoms with Crippen LogP contribution in [0.1, 0.15) is 28.7 Å². The fourth-order valence-electron chi connectivity index (χ4n) is 6.12. The van der Waals surface area contributed by atoms with Crippen molar-refractivity contribution in [2.24, 2.45) is 11.8 Å². The van der Waals surface area contributed by atoms with Crippen LogP contribution in [0, 0.1) is 11.8 Å². The number of rotatable bonds is 7. The molecule has 0 aromatic heterocycles. The Morgan fingerprint density at radius 1 is 1.00 bits per heavy atom. The van der Waals surface area contributed by atoms with Gasteiger partial charge in [0.1, 0.15) is 0 Å². The topological polar surface area (TPSA) is 108 Å². The summed E-state index contributed by atoms with van der Waals surface area (Å²) in [6.07, 6.45) is 0. The predicted molar refractivity (Wildman–Crippen MR) is 132 cm³/mol. The molecule has 1 aliphatic carbocycles. The van der Waals surface area contributed by atoms with E-state index in [-0.39, 0.29) is 47.9 Å². The van der Waals surface area contributed by atoms with Crippen molar-refractivity contribution in [3.63, 3.8) is 0 Å². The summed E-state index contributed by atoms with van der Waals surface area (Å²) in [4.78, 5) is 15.6. The first kappa shape index (κ1) is 24.1. The number of nitrogens with zero attached hydrogens (tertiary/aromatic N) is 1. The molecule has 2 aromatic rings. The zero-order chi connectivity index (χ0) is 25.5. The fourth-order valence-corrected chi connectivity index (χ4v) is 6.12. The third kappa shape index (κ3) is 4.22. The number of esters is 1. The van der Waals surface area contributed by atoms with Crippen LogP contribution in [0.15, 0.2) is 24.3 Å². The molecule has 2 aromatic carbocycles. The highest BCUT2D eigenvalue weighted by atomic mass is 16.7. The van der Waals surface area contributed by atoms with Gasteiger partial charge in [0.05, 0.1) is 40.0 Å². The largest absolute Gasteiger partial charge is 0.502 e. The number of phenolic OH excluding ortho intramolecular Hbond substituents is 1. The summed E-state index contributed by atoms with van der Waals surface area (Å²) in [5.41, 5.74) is 2.82. The van der Waals surface area contributed by atoms with E-state index in [2.05, 4.69) is 10.2 Å². The highest BCUT2D eigenvalue weighted by Crippen LogP contribution is 2.55. The van der Waals surface area contributed by atoms with E-state index in [1.165, 1.54) is 14.2 Å². The second-order valence-corrected chi connectivity index (χ2v) is 9.79. The van der Waals surface area contributed by atoms with Crippen molar-refractivity contribution in [1.82, 2.24) is 10.2 Å². The summed E-state index contributed by atoms with van der Waals surface area (Å²) in [5, 5.41) is 14.3. The van der Waals surface area contributed by atoms with Crippen LogP contribution in [0.5, 0.6) is 28.7 Å². The molecule has 0 amide bonds. The first-order valence-electron chi connectivity index (χ1n) is 12.7. The van der Waals surface area contributed by atoms with Gasteiger partial charge in [0, 0.05) is 44.1 Å². The van der Waals surface area contributed by atoms with Crippen molar-refractivity contribution in [3.8, 4) is 28.7 Å². The van der Waals surface area contributed by atoms with Crippen LogP contribution in [0.3, 0.4) is 0 Å². The number of benzene rings is 2. The Morgan fingerprint density at radius 2 is 1.68 bits per heavy atom. The Hall–Kier alpha value is -3.21. The number of cyclic esters (lactones) is 1. The van der Waals surface area contributed by atoms with Gasteiger partial charge < -0.3 is 38.8 Å². The normalized spacial score (nSPS) is 26.4. The molecule has 0 bridgehead atoms. The molecule has 4 atom stereocenters. The zero-order valence-corrected chi connectivity index (χ0v) is 21.0. The van der Waals surface area contributed by atoms with Crippen molar-refractivity contribution < 1.29 is 38.3 Å². The summed E-state index contributed by atoms with van der Waals surface area (Å²) in [5.74, 6) is 0.753. The maximum absolute atomic E-state index is 13.2. The SMILES string of the molecule is COc1cc([C@@H]2c3cc4c(cc3[C@@H](NCCN3CCOCC3)[C@H]3COC(=O)[C@H]23)OCO4)cc(OC)c1O. The Balaban J connectivity index is 1.42. The molecule has 4 aliphatic rings. The number of fused-ring (bicyclic) bond motifs is 3. The molecule has 0 unspecified atom stereocenters. The van der Waals surface area contributed by atoms with E-state index in [9.17, 15) is 9.90 Å². The molecule has 2 N–H and O–H groups in total. The number of morpholine rings is 1. The maximum Gasteiger partial charge on any atom is 0.310 e. The number of hydrogen-bond donors (Lipinski definition) is 2. The quantitative estimate of drug-likeness (QED) is 0.535. The summed E-state index contributed by atoms with van der Waals surface area (Å²) in [6.45, 7) is 5.49. The molecule has 6 rings (SSSR count). The van der Waals surface area contributed by atoms with Crippen LogP contribution >= 0.6 is 0 Å². The lowest BCUT2D eigenvalue weighted by atomic mass is 9.65. The first-order chi connectivity index (χ1) is 18.1. The minimum absolute atomic E-state index is 0.0799. The second kappa shape index (κ2) is 9.92. The van der Waals surface area contributed by atoms with Gasteiger partial charge in [-0.15, -0.1) is 0 Å². The molecule has 10 nitrogen and oxygen atoms in total. The molecule has 37 heavy (non-hydrogen) atoms. The molecular formula is C27H32N2O8. The highest BCUT2D eigenvalue weighted by Gasteiger charge is 2.52. The molecule has 0 spiro atoms. The van der Waals surface area contributed by atoms with Crippen molar-refractivity contribution >= 4 is 5.97 Å². The number of carbonyl (C=O) groups is 1. The van der Waals surface area contributed by atoms with Gasteiger partial charge in [-0.2, -0.15) is 0 Å². The van der Waals surface area contributed by atoms with Crippen LogP contribution in [-0.2, 0) is 14.3 Å². The van der Waals surface area contributed by atoms with Gasteiger partial charge in [0.2, 0.25) is 12.5 Å². The lowest BCUT2D eigenvalue weighted by Crippen LogP contribution is -2.44. The summed E-state index contributed by atoms with van der Waals surface area (Å²) < 4.78 is 33.5. The Morgan fingerprint density at radius 3 is 2.35 bits per heavy atom. The van der Waals surface area contributed by atoms with E-state index < -0.39 is 5.92 Å². The van der Waals surface area contributed by atoms with Crippen LogP contribution in [0.2, 0.25) is 0 Å². The lowest BCUT2D eigenvalue weighted by molar-refractivity contribution is -0.141. The van der Waals surface area contributed by atoms with Gasteiger partial charge in [-0.25, -0.2) is 0 Å². The van der Waals surface area contributed by atoms with E-state index in [0.29, 0.717) is 18.1 Å². The van der Waals surface area contributed by atoms with Gasteiger partial charge in [-0.05, 0) is 41.0 Å². The molecule has 2 saturated heterocycles. The molecule has 2 fully saturated rings. The summed E-state index contributed by atoms with van der Waals surface area (Å²) in [6, 6.07) is 7.45. The van der Waals surface area contributed by atoms with Gasteiger partial charge in [-0.3, -0.25) is 9.69 Å². The molecule has 0 saturated carbocycles. The summed E-state index contributed by atoms with van der Waals surface area (Å²) in [7, 11) is 2.98. The Labute approximate surface area is 215 Å². The average molecular weight is 513 g/mol. The smallest absolute Gasteiger partial charge is 0.310 e. The molecule has 3 aliphatic heterocycles.